The molecule has 2 aliphatic rings. The van der Waals surface area contributed by atoms with Gasteiger partial charge in [-0.05, 0) is 17.7 Å². The molecule has 2 amide bonds. The Bertz CT molecular complexity index is 1470. The normalized spacial score (nSPS) is 15.4. The van der Waals surface area contributed by atoms with Gasteiger partial charge in [-0.2, -0.15) is 0 Å². The molecule has 0 radical (unpaired) electrons. The third-order valence-electron chi connectivity index (χ3n) is 6.87. The van der Waals surface area contributed by atoms with Crippen LogP contribution in [0.25, 0.3) is 16.9 Å². The number of benzene rings is 1. The lowest BCUT2D eigenvalue weighted by molar-refractivity contribution is 0.122. The first-order valence-electron chi connectivity index (χ1n) is 12.6. The summed E-state index contributed by atoms with van der Waals surface area (Å²) in [5.41, 5.74) is 10.9. The summed E-state index contributed by atoms with van der Waals surface area (Å²) in [6.07, 6.45) is 5.94. The van der Waals surface area contributed by atoms with Crippen LogP contribution in [0.2, 0.25) is 0 Å². The zero-order valence-corrected chi connectivity index (χ0v) is 21.1. The molecule has 12 heteroatoms. The van der Waals surface area contributed by atoms with Gasteiger partial charge < -0.3 is 30.3 Å². The molecule has 6 rings (SSSR count). The van der Waals surface area contributed by atoms with Gasteiger partial charge in [-0.25, -0.2) is 24.7 Å². The number of nitrogens with two attached hydrogens (primary N) is 1. The van der Waals surface area contributed by atoms with Gasteiger partial charge >= 0.3 is 6.03 Å². The number of hydrogen-bond donors (Lipinski definition) is 2. The van der Waals surface area contributed by atoms with E-state index in [-0.39, 0.29) is 12.0 Å². The summed E-state index contributed by atoms with van der Waals surface area (Å²) < 4.78 is 12.9. The Balaban J connectivity index is 1.31. The van der Waals surface area contributed by atoms with Crippen LogP contribution in [0.5, 0.6) is 5.75 Å². The van der Waals surface area contributed by atoms with E-state index in [2.05, 4.69) is 24.6 Å². The van der Waals surface area contributed by atoms with Crippen LogP contribution in [0.1, 0.15) is 17.0 Å². The van der Waals surface area contributed by atoms with Crippen LogP contribution in [0.15, 0.2) is 42.9 Å². The Morgan fingerprint density at radius 1 is 1.16 bits per heavy atom. The first kappa shape index (κ1) is 23.9. The first-order valence-corrected chi connectivity index (χ1v) is 12.6. The van der Waals surface area contributed by atoms with Gasteiger partial charge in [0.15, 0.2) is 11.5 Å². The van der Waals surface area contributed by atoms with Crippen molar-refractivity contribution in [1.29, 1.82) is 0 Å². The molecule has 1 fully saturated rings. The molecule has 1 saturated heterocycles. The standard InChI is InChI=1S/C26H29N9O3/c1-37-19-4-2-3-17(11-19)12-30-26(36)34-6-5-20-22(16-34)35-15-21(18-13-28-25(27)29-14-18)32-23(24(35)31-20)33-7-9-38-10-8-33/h2-4,11,13-15H,5-10,12,16H2,1H3,(H,30,36)(H2,27,28,29). The van der Waals surface area contributed by atoms with Gasteiger partial charge in [-0.15, -0.1) is 0 Å². The Morgan fingerprint density at radius 3 is 2.76 bits per heavy atom. The summed E-state index contributed by atoms with van der Waals surface area (Å²) in [6, 6.07) is 7.55. The zero-order chi connectivity index (χ0) is 26.1. The second-order valence-electron chi connectivity index (χ2n) is 9.26. The summed E-state index contributed by atoms with van der Waals surface area (Å²) in [6.45, 7) is 4.14. The highest BCUT2D eigenvalue weighted by atomic mass is 16.5. The lowest BCUT2D eigenvalue weighted by Gasteiger charge is -2.28. The van der Waals surface area contributed by atoms with Gasteiger partial charge in [0.2, 0.25) is 5.95 Å². The van der Waals surface area contributed by atoms with Gasteiger partial charge in [0.1, 0.15) is 5.75 Å². The Kier molecular flexibility index (Phi) is 6.38. The summed E-state index contributed by atoms with van der Waals surface area (Å²) in [5.74, 6) is 1.75. The van der Waals surface area contributed by atoms with E-state index in [1.165, 1.54) is 0 Å². The van der Waals surface area contributed by atoms with E-state index in [0.717, 1.165) is 52.8 Å². The number of carbonyl (C=O) groups excluding carboxylic acids is 1. The van der Waals surface area contributed by atoms with Gasteiger partial charge in [-0.3, -0.25) is 4.40 Å². The molecule has 0 atom stereocenters. The molecular formula is C26H29N9O3. The number of ether oxygens (including phenoxy) is 2. The van der Waals surface area contributed by atoms with E-state index in [9.17, 15) is 4.79 Å². The maximum Gasteiger partial charge on any atom is 0.318 e. The van der Waals surface area contributed by atoms with Crippen LogP contribution in [-0.2, 0) is 24.2 Å². The maximum atomic E-state index is 13.1. The van der Waals surface area contributed by atoms with E-state index < -0.39 is 0 Å². The lowest BCUT2D eigenvalue weighted by Crippen LogP contribution is -2.42. The molecule has 0 unspecified atom stereocenters. The average molecular weight is 516 g/mol. The number of nitrogens with zero attached hydrogens (tertiary/aromatic N) is 7. The van der Waals surface area contributed by atoms with E-state index in [1.54, 1.807) is 19.5 Å². The molecule has 0 saturated carbocycles. The monoisotopic (exact) mass is 515 g/mol. The predicted molar refractivity (Wildman–Crippen MR) is 141 cm³/mol. The first-order chi connectivity index (χ1) is 18.6. The lowest BCUT2D eigenvalue weighted by atomic mass is 10.1. The number of anilines is 2. The molecule has 2 aliphatic heterocycles. The average Bonchev–Trinajstić information content (AvgIpc) is 3.34. The van der Waals surface area contributed by atoms with Crippen LogP contribution in [0, 0.1) is 0 Å². The second-order valence-corrected chi connectivity index (χ2v) is 9.26. The van der Waals surface area contributed by atoms with Crippen molar-refractivity contribution >= 4 is 23.4 Å². The number of imidazole rings is 1. The molecule has 12 nitrogen and oxygen atoms in total. The number of rotatable bonds is 5. The molecule has 3 aromatic heterocycles. The molecule has 3 N–H and O–H groups in total. The Labute approximate surface area is 219 Å². The van der Waals surface area contributed by atoms with Crippen LogP contribution < -0.4 is 20.7 Å². The molecule has 0 aliphatic carbocycles. The summed E-state index contributed by atoms with van der Waals surface area (Å²) in [4.78, 5) is 35.4. The molecule has 0 spiro atoms. The van der Waals surface area contributed by atoms with E-state index >= 15 is 0 Å². The highest BCUT2D eigenvalue weighted by Gasteiger charge is 2.28. The van der Waals surface area contributed by atoms with E-state index in [4.69, 9.17) is 25.2 Å². The molecule has 5 heterocycles. The number of hydrogen-bond acceptors (Lipinski definition) is 9. The molecule has 4 aromatic rings. The number of nitrogen functional groups attached to an aromatic ring is 1. The fourth-order valence-corrected chi connectivity index (χ4v) is 4.84. The molecule has 0 bridgehead atoms. The van der Waals surface area contributed by atoms with Crippen LogP contribution >= 0.6 is 0 Å². The summed E-state index contributed by atoms with van der Waals surface area (Å²) >= 11 is 0. The van der Waals surface area contributed by atoms with Gasteiger partial charge in [0.25, 0.3) is 0 Å². The number of fused-ring (bicyclic) bond motifs is 3. The third-order valence-corrected chi connectivity index (χ3v) is 6.87. The fraction of sp³-hybridized carbons (Fsp3) is 0.346. The van der Waals surface area contributed by atoms with Crippen molar-refractivity contribution in [2.45, 2.75) is 19.5 Å². The minimum absolute atomic E-state index is 0.122. The second kappa shape index (κ2) is 10.1. The Hall–Kier alpha value is -4.45. The van der Waals surface area contributed by atoms with Gasteiger partial charge in [0, 0.05) is 56.8 Å². The van der Waals surface area contributed by atoms with Crippen molar-refractivity contribution in [2.75, 3.05) is 50.6 Å². The number of aromatic nitrogens is 5. The highest BCUT2D eigenvalue weighted by molar-refractivity contribution is 5.75. The summed E-state index contributed by atoms with van der Waals surface area (Å²) in [5, 5.41) is 3.04. The summed E-state index contributed by atoms with van der Waals surface area (Å²) in [7, 11) is 1.63. The minimum Gasteiger partial charge on any atom is -0.497 e. The number of methoxy groups -OCH3 is 1. The SMILES string of the molecule is COc1cccc(CNC(=O)N2CCc3nc4c(N5CCOCC5)nc(-c5cnc(N)nc5)cn4c3C2)c1. The van der Waals surface area contributed by atoms with Crippen LogP contribution in [0.3, 0.4) is 0 Å². The van der Waals surface area contributed by atoms with E-state index in [0.29, 0.717) is 45.0 Å². The maximum absolute atomic E-state index is 13.1. The minimum atomic E-state index is -0.122. The van der Waals surface area contributed by atoms with Crippen LogP contribution in [0.4, 0.5) is 16.6 Å². The van der Waals surface area contributed by atoms with Gasteiger partial charge in [-0.1, -0.05) is 12.1 Å². The number of amides is 2. The van der Waals surface area contributed by atoms with Crippen molar-refractivity contribution in [2.24, 2.45) is 0 Å². The number of nitrogens with one attached hydrogen (secondary N) is 1. The van der Waals surface area contributed by atoms with Crippen molar-refractivity contribution in [1.82, 2.24) is 34.6 Å². The smallest absolute Gasteiger partial charge is 0.318 e. The quantitative estimate of drug-likeness (QED) is 0.408. The molecular weight excluding hydrogens is 486 g/mol. The van der Waals surface area contributed by atoms with E-state index in [1.807, 2.05) is 35.4 Å². The topological polar surface area (TPSA) is 136 Å². The largest absolute Gasteiger partial charge is 0.497 e. The van der Waals surface area contributed by atoms with Gasteiger partial charge in [0.05, 0.1) is 44.0 Å². The predicted octanol–water partition coefficient (Wildman–Crippen LogP) is 1.88. The molecule has 38 heavy (non-hydrogen) atoms. The number of urea groups is 1. The van der Waals surface area contributed by atoms with Crippen LogP contribution in [-0.4, -0.2) is 75.2 Å². The number of morpholine rings is 1. The fourth-order valence-electron chi connectivity index (χ4n) is 4.84. The highest BCUT2D eigenvalue weighted by Crippen LogP contribution is 2.30. The molecule has 196 valence electrons. The number of carbonyl (C=O) groups is 1. The molecule has 1 aromatic carbocycles. The van der Waals surface area contributed by atoms with Crippen molar-refractivity contribution in [3.05, 3.63) is 59.8 Å². The Morgan fingerprint density at radius 2 is 1.97 bits per heavy atom. The van der Waals surface area contributed by atoms with Crippen molar-refractivity contribution in [3.63, 3.8) is 0 Å². The van der Waals surface area contributed by atoms with Crippen molar-refractivity contribution in [3.8, 4) is 17.0 Å². The zero-order valence-electron chi connectivity index (χ0n) is 21.1. The van der Waals surface area contributed by atoms with Crippen molar-refractivity contribution < 1.29 is 14.3 Å². The third kappa shape index (κ3) is 4.65.